The molecule has 1 aromatic rings. The van der Waals surface area contributed by atoms with Gasteiger partial charge in [-0.1, -0.05) is 42.5 Å². The molecule has 2 N–H and O–H groups in total. The highest BCUT2D eigenvalue weighted by atomic mass is 15.2. The van der Waals surface area contributed by atoms with E-state index < -0.39 is 0 Å². The van der Waals surface area contributed by atoms with Crippen LogP contribution in [0.4, 0.5) is 0 Å². The Morgan fingerprint density at radius 2 is 1.94 bits per heavy atom. The maximum atomic E-state index is 3.45. The Bertz CT molecular complexity index is 342. The van der Waals surface area contributed by atoms with Crippen molar-refractivity contribution in [3.05, 3.63) is 42.0 Å². The molecule has 0 atom stereocenters. The number of piperazine rings is 1. The lowest BCUT2D eigenvalue weighted by Crippen LogP contribution is -2.45. The number of nitrogens with one attached hydrogen (secondary N) is 2. The van der Waals surface area contributed by atoms with Crippen LogP contribution in [0.2, 0.25) is 0 Å². The first kappa shape index (κ1) is 13.3. The van der Waals surface area contributed by atoms with Gasteiger partial charge in [0.2, 0.25) is 0 Å². The van der Waals surface area contributed by atoms with E-state index in [1.165, 1.54) is 18.7 Å². The number of rotatable bonds is 6. The Morgan fingerprint density at radius 1 is 1.17 bits per heavy atom. The number of hydrogen-bond donors (Lipinski definition) is 2. The molecule has 0 aromatic heterocycles. The zero-order valence-electron chi connectivity index (χ0n) is 10.9. The topological polar surface area (TPSA) is 27.3 Å². The van der Waals surface area contributed by atoms with E-state index in [1.807, 2.05) is 6.07 Å². The maximum absolute atomic E-state index is 3.45. The van der Waals surface area contributed by atoms with E-state index in [1.54, 1.807) is 0 Å². The molecule has 1 fully saturated rings. The second kappa shape index (κ2) is 8.03. The predicted molar refractivity (Wildman–Crippen MR) is 77.7 cm³/mol. The molecule has 0 saturated carbocycles. The van der Waals surface area contributed by atoms with E-state index >= 15 is 0 Å². The van der Waals surface area contributed by atoms with Gasteiger partial charge >= 0.3 is 0 Å². The summed E-state index contributed by atoms with van der Waals surface area (Å²) in [4.78, 5) is 2.50. The smallest absolute Gasteiger partial charge is 0.0138 e. The molecule has 1 heterocycles. The first-order valence-electron chi connectivity index (χ1n) is 6.80. The van der Waals surface area contributed by atoms with Crippen molar-refractivity contribution >= 4 is 6.08 Å². The number of benzene rings is 1. The van der Waals surface area contributed by atoms with Gasteiger partial charge < -0.3 is 10.6 Å². The quantitative estimate of drug-likeness (QED) is 0.737. The molecule has 3 nitrogen and oxygen atoms in total. The molecule has 0 aliphatic carbocycles. The lowest BCUT2D eigenvalue weighted by atomic mass is 10.2. The van der Waals surface area contributed by atoms with Crippen molar-refractivity contribution in [1.29, 1.82) is 0 Å². The van der Waals surface area contributed by atoms with Crippen LogP contribution in [0.3, 0.4) is 0 Å². The molecule has 0 bridgehead atoms. The summed E-state index contributed by atoms with van der Waals surface area (Å²) in [6.45, 7) is 7.80. The minimum atomic E-state index is 0.945. The third kappa shape index (κ3) is 5.00. The van der Waals surface area contributed by atoms with Crippen LogP contribution in [-0.4, -0.2) is 50.7 Å². The minimum absolute atomic E-state index is 0.945. The fourth-order valence-electron chi connectivity index (χ4n) is 2.12. The first-order chi connectivity index (χ1) is 8.95. The van der Waals surface area contributed by atoms with Crippen LogP contribution >= 0.6 is 0 Å². The second-order valence-corrected chi connectivity index (χ2v) is 4.61. The molecule has 1 aliphatic rings. The number of hydrogen-bond acceptors (Lipinski definition) is 3. The molecule has 3 heteroatoms. The van der Waals surface area contributed by atoms with Gasteiger partial charge in [0, 0.05) is 45.8 Å². The van der Waals surface area contributed by atoms with Crippen LogP contribution < -0.4 is 10.6 Å². The van der Waals surface area contributed by atoms with Crippen molar-refractivity contribution in [3.8, 4) is 0 Å². The van der Waals surface area contributed by atoms with Crippen LogP contribution in [0.25, 0.3) is 6.08 Å². The molecule has 18 heavy (non-hydrogen) atoms. The molecule has 2 rings (SSSR count). The highest BCUT2D eigenvalue weighted by Crippen LogP contribution is 1.99. The minimum Gasteiger partial charge on any atom is -0.314 e. The molecule has 1 aromatic carbocycles. The summed E-state index contributed by atoms with van der Waals surface area (Å²) in [5, 5.41) is 6.82. The lowest BCUT2D eigenvalue weighted by Gasteiger charge is -2.27. The molecule has 1 aliphatic heterocycles. The Labute approximate surface area is 110 Å². The van der Waals surface area contributed by atoms with Crippen molar-refractivity contribution in [1.82, 2.24) is 15.5 Å². The fourth-order valence-corrected chi connectivity index (χ4v) is 2.12. The molecule has 0 unspecified atom stereocenters. The third-order valence-electron chi connectivity index (χ3n) is 3.19. The fraction of sp³-hybridized carbons (Fsp3) is 0.467. The normalized spacial score (nSPS) is 17.3. The third-order valence-corrected chi connectivity index (χ3v) is 3.19. The van der Waals surface area contributed by atoms with Crippen LogP contribution in [0, 0.1) is 0 Å². The lowest BCUT2D eigenvalue weighted by molar-refractivity contribution is 0.242. The molecule has 0 radical (unpaired) electrons. The van der Waals surface area contributed by atoms with Crippen LogP contribution in [0.1, 0.15) is 5.56 Å². The Balaban J connectivity index is 1.54. The summed E-state index contributed by atoms with van der Waals surface area (Å²) in [7, 11) is 0. The van der Waals surface area contributed by atoms with Crippen LogP contribution in [0.15, 0.2) is 36.4 Å². The van der Waals surface area contributed by atoms with Crippen molar-refractivity contribution in [2.24, 2.45) is 0 Å². The Kier molecular flexibility index (Phi) is 5.92. The summed E-state index contributed by atoms with van der Waals surface area (Å²) in [6, 6.07) is 10.4. The zero-order chi connectivity index (χ0) is 12.5. The monoisotopic (exact) mass is 245 g/mol. The first-order valence-corrected chi connectivity index (χ1v) is 6.80. The van der Waals surface area contributed by atoms with Crippen molar-refractivity contribution in [3.63, 3.8) is 0 Å². The Hall–Kier alpha value is -1.16. The molecular formula is C15H23N3. The second-order valence-electron chi connectivity index (χ2n) is 4.61. The van der Waals surface area contributed by atoms with E-state index in [2.05, 4.69) is 52.0 Å². The van der Waals surface area contributed by atoms with Gasteiger partial charge in [-0.25, -0.2) is 0 Å². The summed E-state index contributed by atoms with van der Waals surface area (Å²) >= 11 is 0. The van der Waals surface area contributed by atoms with Gasteiger partial charge in [0.25, 0.3) is 0 Å². The van der Waals surface area contributed by atoms with Crippen LogP contribution in [0.5, 0.6) is 0 Å². The molecular weight excluding hydrogens is 222 g/mol. The predicted octanol–water partition coefficient (Wildman–Crippen LogP) is 1.19. The highest BCUT2D eigenvalue weighted by molar-refractivity contribution is 5.48. The standard InChI is InChI=1S/C15H23N3/c1-2-5-15(6-3-1)7-4-8-16-9-12-18-13-10-17-11-14-18/h1-7,16-17H,8-14H2/b7-4+. The molecule has 98 valence electrons. The van der Waals surface area contributed by atoms with E-state index in [9.17, 15) is 0 Å². The van der Waals surface area contributed by atoms with Gasteiger partial charge in [-0.15, -0.1) is 0 Å². The summed E-state index contributed by atoms with van der Waals surface area (Å²) in [6.07, 6.45) is 4.35. The maximum Gasteiger partial charge on any atom is 0.0138 e. The van der Waals surface area contributed by atoms with Gasteiger partial charge in [-0.2, -0.15) is 0 Å². The van der Waals surface area contributed by atoms with E-state index in [0.717, 1.165) is 32.7 Å². The summed E-state index contributed by atoms with van der Waals surface area (Å²) in [5.74, 6) is 0. The zero-order valence-corrected chi connectivity index (χ0v) is 10.9. The van der Waals surface area contributed by atoms with Gasteiger partial charge in [-0.05, 0) is 5.56 Å². The van der Waals surface area contributed by atoms with E-state index in [0.29, 0.717) is 0 Å². The Morgan fingerprint density at radius 3 is 2.72 bits per heavy atom. The highest BCUT2D eigenvalue weighted by Gasteiger charge is 2.07. The van der Waals surface area contributed by atoms with Crippen molar-refractivity contribution in [2.45, 2.75) is 0 Å². The molecule has 0 spiro atoms. The SMILES string of the molecule is C(=C\c1ccccc1)/CNCCN1CCNCC1. The van der Waals surface area contributed by atoms with Gasteiger partial charge in [0.1, 0.15) is 0 Å². The average molecular weight is 245 g/mol. The van der Waals surface area contributed by atoms with E-state index in [4.69, 9.17) is 0 Å². The summed E-state index contributed by atoms with van der Waals surface area (Å²) in [5.41, 5.74) is 1.27. The van der Waals surface area contributed by atoms with Gasteiger partial charge in [0.15, 0.2) is 0 Å². The average Bonchev–Trinajstić information content (AvgIpc) is 2.45. The molecule has 1 saturated heterocycles. The van der Waals surface area contributed by atoms with Crippen molar-refractivity contribution in [2.75, 3.05) is 45.8 Å². The van der Waals surface area contributed by atoms with Crippen LogP contribution in [-0.2, 0) is 0 Å². The van der Waals surface area contributed by atoms with E-state index in [-0.39, 0.29) is 0 Å². The van der Waals surface area contributed by atoms with Crippen molar-refractivity contribution < 1.29 is 0 Å². The largest absolute Gasteiger partial charge is 0.314 e. The number of nitrogens with zero attached hydrogens (tertiary/aromatic N) is 1. The summed E-state index contributed by atoms with van der Waals surface area (Å²) < 4.78 is 0. The molecule has 0 amide bonds. The van der Waals surface area contributed by atoms with Gasteiger partial charge in [-0.3, -0.25) is 4.90 Å². The van der Waals surface area contributed by atoms with Gasteiger partial charge in [0.05, 0.1) is 0 Å².